The van der Waals surface area contributed by atoms with Crippen LogP contribution in [0.15, 0.2) is 48.5 Å². The number of nitrogens with zero attached hydrogens (tertiary/aromatic N) is 1. The van der Waals surface area contributed by atoms with Gasteiger partial charge in [0, 0.05) is 19.8 Å². The molecule has 0 saturated heterocycles. The summed E-state index contributed by atoms with van der Waals surface area (Å²) in [6.45, 7) is 0. The lowest BCUT2D eigenvalue weighted by molar-refractivity contribution is 0.211. The second kappa shape index (κ2) is 5.44. The number of nitrogens with two attached hydrogens (primary N) is 1. The van der Waals surface area contributed by atoms with Crippen LogP contribution in [0.5, 0.6) is 5.75 Å². The predicted molar refractivity (Wildman–Crippen MR) is 76.4 cm³/mol. The molecular weight excluding hydrogens is 240 g/mol. The summed E-state index contributed by atoms with van der Waals surface area (Å²) >= 11 is 0. The van der Waals surface area contributed by atoms with Crippen molar-refractivity contribution in [2.45, 2.75) is 0 Å². The number of amides is 1. The summed E-state index contributed by atoms with van der Waals surface area (Å²) in [6, 6.07) is 15.4. The van der Waals surface area contributed by atoms with E-state index in [1.807, 2.05) is 49.3 Å². The van der Waals surface area contributed by atoms with Gasteiger partial charge in [-0.25, -0.2) is 4.79 Å². The van der Waals surface area contributed by atoms with E-state index in [1.165, 1.54) is 0 Å². The Balaban J connectivity index is 2.26. The fourth-order valence-electron chi connectivity index (χ4n) is 1.80. The van der Waals surface area contributed by atoms with Gasteiger partial charge in [-0.15, -0.1) is 0 Å². The van der Waals surface area contributed by atoms with Crippen LogP contribution < -0.4 is 15.4 Å². The second-order valence-corrected chi connectivity index (χ2v) is 4.39. The Morgan fingerprint density at radius 2 is 1.74 bits per heavy atom. The van der Waals surface area contributed by atoms with Crippen molar-refractivity contribution < 1.29 is 9.53 Å². The minimum absolute atomic E-state index is 0.444. The molecule has 4 heteroatoms. The van der Waals surface area contributed by atoms with E-state index in [2.05, 4.69) is 6.07 Å². The number of rotatable bonds is 3. The zero-order valence-corrected chi connectivity index (χ0v) is 11.0. The molecule has 0 bridgehead atoms. The van der Waals surface area contributed by atoms with Crippen LogP contribution in [0.1, 0.15) is 0 Å². The first-order valence-corrected chi connectivity index (χ1v) is 5.91. The minimum Gasteiger partial charge on any atom is -0.411 e. The first-order valence-electron chi connectivity index (χ1n) is 5.91. The van der Waals surface area contributed by atoms with Gasteiger partial charge in [0.25, 0.3) is 0 Å². The normalized spacial score (nSPS) is 10.0. The zero-order valence-electron chi connectivity index (χ0n) is 11.0. The van der Waals surface area contributed by atoms with Crippen LogP contribution in [-0.4, -0.2) is 20.2 Å². The Morgan fingerprint density at radius 3 is 2.32 bits per heavy atom. The van der Waals surface area contributed by atoms with Crippen LogP contribution in [0.3, 0.4) is 0 Å². The minimum atomic E-state index is -0.803. The number of benzene rings is 2. The third-order valence-electron chi connectivity index (χ3n) is 2.77. The second-order valence-electron chi connectivity index (χ2n) is 4.39. The fraction of sp³-hybridized carbons (Fsp3) is 0.133. The highest BCUT2D eigenvalue weighted by atomic mass is 16.5. The molecule has 0 saturated carbocycles. The van der Waals surface area contributed by atoms with Crippen LogP contribution in [0.25, 0.3) is 11.1 Å². The number of carbonyl (C=O) groups is 1. The van der Waals surface area contributed by atoms with Crippen LogP contribution in [0.2, 0.25) is 0 Å². The molecule has 19 heavy (non-hydrogen) atoms. The van der Waals surface area contributed by atoms with Crippen molar-refractivity contribution in [2.75, 3.05) is 19.0 Å². The van der Waals surface area contributed by atoms with Gasteiger partial charge in [-0.3, -0.25) is 0 Å². The lowest BCUT2D eigenvalue weighted by Crippen LogP contribution is -2.16. The summed E-state index contributed by atoms with van der Waals surface area (Å²) in [7, 11) is 4.01. The third kappa shape index (κ3) is 3.25. The van der Waals surface area contributed by atoms with Crippen LogP contribution in [-0.2, 0) is 0 Å². The number of hydrogen-bond acceptors (Lipinski definition) is 3. The fourth-order valence-corrected chi connectivity index (χ4v) is 1.80. The SMILES string of the molecule is CN(C)c1cccc(-c2ccc(OC(N)=O)cc2)c1. The van der Waals surface area contributed by atoms with E-state index in [-0.39, 0.29) is 0 Å². The number of anilines is 1. The van der Waals surface area contributed by atoms with Gasteiger partial charge < -0.3 is 15.4 Å². The molecule has 0 aliphatic carbocycles. The molecule has 0 aliphatic heterocycles. The molecule has 0 fully saturated rings. The molecule has 0 spiro atoms. The topological polar surface area (TPSA) is 55.6 Å². The summed E-state index contributed by atoms with van der Waals surface area (Å²) in [4.78, 5) is 12.7. The summed E-state index contributed by atoms with van der Waals surface area (Å²) < 4.78 is 4.80. The Morgan fingerprint density at radius 1 is 1.05 bits per heavy atom. The number of ether oxygens (including phenoxy) is 1. The smallest absolute Gasteiger partial charge is 0.409 e. The van der Waals surface area contributed by atoms with E-state index in [1.54, 1.807) is 12.1 Å². The zero-order chi connectivity index (χ0) is 13.8. The average Bonchev–Trinajstić information content (AvgIpc) is 2.39. The summed E-state index contributed by atoms with van der Waals surface area (Å²) in [6.07, 6.45) is -0.803. The third-order valence-corrected chi connectivity index (χ3v) is 2.77. The summed E-state index contributed by atoms with van der Waals surface area (Å²) in [5.41, 5.74) is 8.26. The van der Waals surface area contributed by atoms with Crippen LogP contribution in [0.4, 0.5) is 10.5 Å². The highest BCUT2D eigenvalue weighted by Crippen LogP contribution is 2.25. The maximum absolute atomic E-state index is 10.6. The molecular formula is C15H16N2O2. The molecule has 0 aliphatic rings. The highest BCUT2D eigenvalue weighted by molar-refractivity contribution is 5.71. The lowest BCUT2D eigenvalue weighted by Gasteiger charge is -2.13. The molecule has 0 unspecified atom stereocenters. The van der Waals surface area contributed by atoms with Crippen molar-refractivity contribution in [3.05, 3.63) is 48.5 Å². The van der Waals surface area contributed by atoms with Gasteiger partial charge in [-0.05, 0) is 35.4 Å². The molecule has 0 aromatic heterocycles. The van der Waals surface area contributed by atoms with Gasteiger partial charge in [-0.1, -0.05) is 24.3 Å². The first-order chi connectivity index (χ1) is 9.06. The van der Waals surface area contributed by atoms with Crippen molar-refractivity contribution in [1.29, 1.82) is 0 Å². The predicted octanol–water partition coefficient (Wildman–Crippen LogP) is 2.88. The lowest BCUT2D eigenvalue weighted by atomic mass is 10.0. The monoisotopic (exact) mass is 256 g/mol. The molecule has 98 valence electrons. The van der Waals surface area contributed by atoms with E-state index < -0.39 is 6.09 Å². The van der Waals surface area contributed by atoms with Crippen molar-refractivity contribution >= 4 is 11.8 Å². The molecule has 4 nitrogen and oxygen atoms in total. The van der Waals surface area contributed by atoms with Crippen molar-refractivity contribution in [2.24, 2.45) is 5.73 Å². The number of hydrogen-bond donors (Lipinski definition) is 1. The van der Waals surface area contributed by atoms with E-state index in [0.717, 1.165) is 16.8 Å². The van der Waals surface area contributed by atoms with Gasteiger partial charge >= 0.3 is 6.09 Å². The first kappa shape index (κ1) is 13.0. The molecule has 2 rings (SSSR count). The van der Waals surface area contributed by atoms with Gasteiger partial charge in [-0.2, -0.15) is 0 Å². The molecule has 2 N–H and O–H groups in total. The van der Waals surface area contributed by atoms with Gasteiger partial charge in [0.05, 0.1) is 0 Å². The highest BCUT2D eigenvalue weighted by Gasteiger charge is 2.02. The van der Waals surface area contributed by atoms with E-state index in [0.29, 0.717) is 5.75 Å². The Labute approximate surface area is 112 Å². The average molecular weight is 256 g/mol. The number of carbonyl (C=O) groups excluding carboxylic acids is 1. The van der Waals surface area contributed by atoms with E-state index >= 15 is 0 Å². The van der Waals surface area contributed by atoms with Gasteiger partial charge in [0.15, 0.2) is 0 Å². The standard InChI is InChI=1S/C15H16N2O2/c1-17(2)13-5-3-4-12(10-13)11-6-8-14(9-7-11)19-15(16)18/h3-10H,1-2H3,(H2,16,18). The maximum Gasteiger partial charge on any atom is 0.409 e. The largest absolute Gasteiger partial charge is 0.411 e. The molecule has 2 aromatic carbocycles. The quantitative estimate of drug-likeness (QED) is 0.918. The van der Waals surface area contributed by atoms with Crippen LogP contribution in [0, 0.1) is 0 Å². The molecule has 0 radical (unpaired) electrons. The summed E-state index contributed by atoms with van der Waals surface area (Å²) in [5, 5.41) is 0. The molecule has 1 amide bonds. The maximum atomic E-state index is 10.6. The Kier molecular flexibility index (Phi) is 3.71. The van der Waals surface area contributed by atoms with E-state index in [4.69, 9.17) is 10.5 Å². The van der Waals surface area contributed by atoms with Gasteiger partial charge in [0.1, 0.15) is 5.75 Å². The molecule has 2 aromatic rings. The molecule has 0 atom stereocenters. The van der Waals surface area contributed by atoms with E-state index in [9.17, 15) is 4.79 Å². The van der Waals surface area contributed by atoms with Crippen molar-refractivity contribution in [3.63, 3.8) is 0 Å². The van der Waals surface area contributed by atoms with Gasteiger partial charge in [0.2, 0.25) is 0 Å². The summed E-state index contributed by atoms with van der Waals surface area (Å²) in [5.74, 6) is 0.444. The molecule has 0 heterocycles. The Hall–Kier alpha value is -2.49. The van der Waals surface area contributed by atoms with Crippen LogP contribution >= 0.6 is 0 Å². The van der Waals surface area contributed by atoms with Crippen molar-refractivity contribution in [3.8, 4) is 16.9 Å². The van der Waals surface area contributed by atoms with Crippen molar-refractivity contribution in [1.82, 2.24) is 0 Å². The number of primary amides is 1. The Bertz CT molecular complexity index is 577.